The highest BCUT2D eigenvalue weighted by atomic mass is 32.2. The zero-order chi connectivity index (χ0) is 15.7. The van der Waals surface area contributed by atoms with E-state index in [2.05, 4.69) is 25.2 Å². The van der Waals surface area contributed by atoms with Gasteiger partial charge in [0.1, 0.15) is 6.61 Å². The number of benzene rings is 1. The third-order valence-electron chi connectivity index (χ3n) is 3.05. The zero-order valence-electron chi connectivity index (χ0n) is 13.3. The van der Waals surface area contributed by atoms with E-state index < -0.39 is 0 Å². The van der Waals surface area contributed by atoms with Gasteiger partial charge in [-0.2, -0.15) is 0 Å². The van der Waals surface area contributed by atoms with Gasteiger partial charge in [-0.1, -0.05) is 13.8 Å². The molecule has 1 aromatic rings. The van der Waals surface area contributed by atoms with Crippen molar-refractivity contribution in [1.82, 2.24) is 0 Å². The second kappa shape index (κ2) is 9.82. The molecule has 0 heterocycles. The Morgan fingerprint density at radius 1 is 1.38 bits per heavy atom. The largest absolute Gasteiger partial charge is 0.382 e. The lowest BCUT2D eigenvalue weighted by Gasteiger charge is -2.12. The van der Waals surface area contributed by atoms with E-state index in [1.54, 1.807) is 7.11 Å². The minimum atomic E-state index is -0.142. The summed E-state index contributed by atoms with van der Waals surface area (Å²) >= 11 is 1.85. The average molecular weight is 311 g/mol. The SMILES string of the molecule is CCC(C)Sc1ccc(NC(=O)COCCOC)c(C)c1. The molecular weight excluding hydrogens is 286 g/mol. The van der Waals surface area contributed by atoms with Crippen molar-refractivity contribution in [3.05, 3.63) is 23.8 Å². The van der Waals surface area contributed by atoms with Gasteiger partial charge in [-0.3, -0.25) is 4.79 Å². The molecule has 1 aromatic carbocycles. The maximum atomic E-state index is 11.8. The van der Waals surface area contributed by atoms with Gasteiger partial charge in [0.05, 0.1) is 13.2 Å². The van der Waals surface area contributed by atoms with Gasteiger partial charge < -0.3 is 14.8 Å². The summed E-state index contributed by atoms with van der Waals surface area (Å²) in [7, 11) is 1.60. The Morgan fingerprint density at radius 2 is 2.14 bits per heavy atom. The van der Waals surface area contributed by atoms with Gasteiger partial charge in [0.2, 0.25) is 5.91 Å². The third kappa shape index (κ3) is 6.98. The molecule has 0 bridgehead atoms. The topological polar surface area (TPSA) is 47.6 Å². The Labute approximate surface area is 131 Å². The predicted octanol–water partition coefficient (Wildman–Crippen LogP) is 3.49. The van der Waals surface area contributed by atoms with Crippen LogP contribution in [0.2, 0.25) is 0 Å². The second-order valence-electron chi connectivity index (χ2n) is 4.91. The summed E-state index contributed by atoms with van der Waals surface area (Å²) in [6, 6.07) is 6.11. The molecule has 0 aliphatic carbocycles. The van der Waals surface area contributed by atoms with Crippen LogP contribution in [-0.2, 0) is 14.3 Å². The van der Waals surface area contributed by atoms with E-state index in [9.17, 15) is 4.79 Å². The van der Waals surface area contributed by atoms with Gasteiger partial charge in [0.15, 0.2) is 0 Å². The number of thioether (sulfide) groups is 1. The number of carbonyl (C=O) groups is 1. The molecule has 1 unspecified atom stereocenters. The van der Waals surface area contributed by atoms with Crippen LogP contribution in [0, 0.1) is 6.92 Å². The number of aryl methyl sites for hydroxylation is 1. The Balaban J connectivity index is 2.50. The third-order valence-corrected chi connectivity index (χ3v) is 4.31. The highest BCUT2D eigenvalue weighted by Gasteiger charge is 2.07. The molecule has 0 fully saturated rings. The molecule has 0 aliphatic heterocycles. The number of hydrogen-bond donors (Lipinski definition) is 1. The molecule has 0 spiro atoms. The maximum Gasteiger partial charge on any atom is 0.250 e. The van der Waals surface area contributed by atoms with Crippen LogP contribution in [0.3, 0.4) is 0 Å². The number of carbonyl (C=O) groups excluding carboxylic acids is 1. The highest BCUT2D eigenvalue weighted by Crippen LogP contribution is 2.28. The maximum absolute atomic E-state index is 11.8. The van der Waals surface area contributed by atoms with E-state index in [1.807, 2.05) is 30.8 Å². The van der Waals surface area contributed by atoms with Gasteiger partial charge in [-0.25, -0.2) is 0 Å². The molecule has 0 saturated heterocycles. The van der Waals surface area contributed by atoms with Gasteiger partial charge in [-0.15, -0.1) is 11.8 Å². The molecule has 5 heteroatoms. The normalized spacial score (nSPS) is 12.2. The fourth-order valence-corrected chi connectivity index (χ4v) is 2.68. The van der Waals surface area contributed by atoms with Crippen LogP contribution in [0.25, 0.3) is 0 Å². The van der Waals surface area contributed by atoms with Crippen molar-refractivity contribution < 1.29 is 14.3 Å². The molecule has 1 N–H and O–H groups in total. The smallest absolute Gasteiger partial charge is 0.250 e. The Hall–Kier alpha value is -1.04. The van der Waals surface area contributed by atoms with Crippen molar-refractivity contribution in [3.8, 4) is 0 Å². The monoisotopic (exact) mass is 311 g/mol. The quantitative estimate of drug-likeness (QED) is 0.560. The number of ether oxygens (including phenoxy) is 2. The molecule has 118 valence electrons. The first-order valence-corrected chi connectivity index (χ1v) is 8.08. The summed E-state index contributed by atoms with van der Waals surface area (Å²) < 4.78 is 10.1. The molecule has 4 nitrogen and oxygen atoms in total. The number of nitrogens with one attached hydrogen (secondary N) is 1. The van der Waals surface area contributed by atoms with Crippen LogP contribution < -0.4 is 5.32 Å². The summed E-state index contributed by atoms with van der Waals surface area (Å²) in [5.41, 5.74) is 1.90. The predicted molar refractivity (Wildman–Crippen MR) is 88.1 cm³/mol. The van der Waals surface area contributed by atoms with Crippen LogP contribution in [-0.4, -0.2) is 38.1 Å². The lowest BCUT2D eigenvalue weighted by Crippen LogP contribution is -2.20. The molecular formula is C16H25NO3S. The van der Waals surface area contributed by atoms with Crippen LogP contribution in [0.4, 0.5) is 5.69 Å². The first-order chi connectivity index (χ1) is 10.1. The van der Waals surface area contributed by atoms with E-state index >= 15 is 0 Å². The lowest BCUT2D eigenvalue weighted by atomic mass is 10.2. The van der Waals surface area contributed by atoms with Gasteiger partial charge in [0, 0.05) is 22.9 Å². The van der Waals surface area contributed by atoms with Gasteiger partial charge in [0.25, 0.3) is 0 Å². The van der Waals surface area contributed by atoms with Crippen molar-refractivity contribution in [2.45, 2.75) is 37.3 Å². The first-order valence-electron chi connectivity index (χ1n) is 7.20. The van der Waals surface area contributed by atoms with Crippen molar-refractivity contribution in [3.63, 3.8) is 0 Å². The molecule has 0 aliphatic rings. The minimum absolute atomic E-state index is 0.0478. The first kappa shape index (κ1) is 18.0. The summed E-state index contributed by atoms with van der Waals surface area (Å²) in [6.45, 7) is 7.37. The molecule has 1 amide bonds. The van der Waals surface area contributed by atoms with Crippen LogP contribution >= 0.6 is 11.8 Å². The van der Waals surface area contributed by atoms with Crippen LogP contribution in [0.15, 0.2) is 23.1 Å². The number of anilines is 1. The van der Waals surface area contributed by atoms with Gasteiger partial charge in [-0.05, 0) is 37.1 Å². The Morgan fingerprint density at radius 3 is 2.76 bits per heavy atom. The van der Waals surface area contributed by atoms with E-state index in [1.165, 1.54) is 4.90 Å². The zero-order valence-corrected chi connectivity index (χ0v) is 14.1. The van der Waals surface area contributed by atoms with E-state index in [0.717, 1.165) is 17.7 Å². The fraction of sp³-hybridized carbons (Fsp3) is 0.562. The number of hydrogen-bond acceptors (Lipinski definition) is 4. The van der Waals surface area contributed by atoms with Crippen molar-refractivity contribution in [1.29, 1.82) is 0 Å². The molecule has 0 radical (unpaired) electrons. The Bertz CT molecular complexity index is 451. The van der Waals surface area contributed by atoms with Crippen molar-refractivity contribution >= 4 is 23.4 Å². The molecule has 1 rings (SSSR count). The Kier molecular flexibility index (Phi) is 8.42. The highest BCUT2D eigenvalue weighted by molar-refractivity contribution is 7.99. The molecule has 0 aromatic heterocycles. The van der Waals surface area contributed by atoms with Gasteiger partial charge >= 0.3 is 0 Å². The van der Waals surface area contributed by atoms with E-state index in [-0.39, 0.29) is 12.5 Å². The molecule has 1 atom stereocenters. The van der Waals surface area contributed by atoms with Crippen molar-refractivity contribution in [2.75, 3.05) is 32.2 Å². The van der Waals surface area contributed by atoms with E-state index in [0.29, 0.717) is 18.5 Å². The average Bonchev–Trinajstić information content (AvgIpc) is 2.46. The standard InChI is InChI=1S/C16H25NO3S/c1-5-13(3)21-14-6-7-15(12(2)10-14)17-16(18)11-20-9-8-19-4/h6-7,10,13H,5,8-9,11H2,1-4H3,(H,17,18). The van der Waals surface area contributed by atoms with Crippen molar-refractivity contribution in [2.24, 2.45) is 0 Å². The summed E-state index contributed by atoms with van der Waals surface area (Å²) in [5, 5.41) is 3.46. The second-order valence-corrected chi connectivity index (χ2v) is 6.42. The summed E-state index contributed by atoms with van der Waals surface area (Å²) in [4.78, 5) is 13.0. The van der Waals surface area contributed by atoms with Crippen LogP contribution in [0.5, 0.6) is 0 Å². The van der Waals surface area contributed by atoms with Crippen LogP contribution in [0.1, 0.15) is 25.8 Å². The van der Waals surface area contributed by atoms with E-state index in [4.69, 9.17) is 9.47 Å². The number of methoxy groups -OCH3 is 1. The number of amides is 1. The minimum Gasteiger partial charge on any atom is -0.382 e. The lowest BCUT2D eigenvalue weighted by molar-refractivity contribution is -0.121. The molecule has 21 heavy (non-hydrogen) atoms. The fourth-order valence-electron chi connectivity index (χ4n) is 1.66. The molecule has 0 saturated carbocycles. The number of rotatable bonds is 9. The summed E-state index contributed by atoms with van der Waals surface area (Å²) in [6.07, 6.45) is 1.14. The summed E-state index contributed by atoms with van der Waals surface area (Å²) in [5.74, 6) is -0.142.